The van der Waals surface area contributed by atoms with Gasteiger partial charge in [-0.25, -0.2) is 0 Å². The van der Waals surface area contributed by atoms with Crippen LogP contribution in [0.2, 0.25) is 0 Å². The number of rotatable bonds is 2. The highest BCUT2D eigenvalue weighted by atomic mass is 127. The number of likely N-dealkylation sites (tertiary alicyclic amines) is 1. The number of halogens is 1. The molecule has 2 aliphatic rings. The number of hydrogen-bond donors (Lipinski definition) is 1. The fourth-order valence-electron chi connectivity index (χ4n) is 2.36. The summed E-state index contributed by atoms with van der Waals surface area (Å²) in [5.41, 5.74) is 6.00. The van der Waals surface area contributed by atoms with E-state index in [-0.39, 0.29) is 24.0 Å². The van der Waals surface area contributed by atoms with Gasteiger partial charge in [0.25, 0.3) is 0 Å². The van der Waals surface area contributed by atoms with Crippen LogP contribution in [0, 0.1) is 5.92 Å². The maximum atomic E-state index is 6.00. The zero-order chi connectivity index (χ0) is 12.1. The quantitative estimate of drug-likeness (QED) is 0.441. The van der Waals surface area contributed by atoms with Crippen molar-refractivity contribution in [3.63, 3.8) is 0 Å². The number of ether oxygens (including phenoxy) is 1. The summed E-state index contributed by atoms with van der Waals surface area (Å²) in [7, 11) is 2.18. The minimum atomic E-state index is 0. The molecule has 0 amide bonds. The van der Waals surface area contributed by atoms with Gasteiger partial charge in [-0.3, -0.25) is 4.99 Å². The maximum absolute atomic E-state index is 6.00. The third-order valence-electron chi connectivity index (χ3n) is 3.68. The van der Waals surface area contributed by atoms with E-state index in [2.05, 4.69) is 21.8 Å². The zero-order valence-electron chi connectivity index (χ0n) is 11.2. The first-order valence-electron chi connectivity index (χ1n) is 6.57. The van der Waals surface area contributed by atoms with Crippen LogP contribution in [-0.2, 0) is 4.74 Å². The lowest BCUT2D eigenvalue weighted by molar-refractivity contribution is 0.0673. The lowest BCUT2D eigenvalue weighted by Gasteiger charge is -2.30. The van der Waals surface area contributed by atoms with Crippen LogP contribution >= 0.6 is 24.0 Å². The highest BCUT2D eigenvalue weighted by molar-refractivity contribution is 14.0. The van der Waals surface area contributed by atoms with Gasteiger partial charge in [-0.15, -0.1) is 24.0 Å². The molecule has 0 unspecified atom stereocenters. The lowest BCUT2D eigenvalue weighted by Crippen LogP contribution is -2.45. The van der Waals surface area contributed by atoms with Gasteiger partial charge in [0.2, 0.25) is 0 Å². The average Bonchev–Trinajstić information content (AvgIpc) is 2.39. The van der Waals surface area contributed by atoms with Gasteiger partial charge in [-0.2, -0.15) is 0 Å². The molecule has 0 spiro atoms. The number of hydrogen-bond acceptors (Lipinski definition) is 3. The molecule has 0 bridgehead atoms. The van der Waals surface area contributed by atoms with E-state index in [4.69, 9.17) is 10.5 Å². The van der Waals surface area contributed by atoms with Gasteiger partial charge >= 0.3 is 0 Å². The molecule has 106 valence electrons. The van der Waals surface area contributed by atoms with Crippen molar-refractivity contribution in [2.75, 3.05) is 53.0 Å². The summed E-state index contributed by atoms with van der Waals surface area (Å²) in [6, 6.07) is 0. The Morgan fingerprint density at radius 1 is 1.22 bits per heavy atom. The van der Waals surface area contributed by atoms with Gasteiger partial charge in [0.05, 0.1) is 13.2 Å². The van der Waals surface area contributed by atoms with Crippen LogP contribution in [0.1, 0.15) is 12.8 Å². The molecule has 5 nitrogen and oxygen atoms in total. The van der Waals surface area contributed by atoms with Crippen LogP contribution in [-0.4, -0.2) is 68.7 Å². The van der Waals surface area contributed by atoms with Gasteiger partial charge in [0, 0.05) is 19.6 Å². The van der Waals surface area contributed by atoms with Gasteiger partial charge in [0.1, 0.15) is 0 Å². The number of guanidine groups is 1. The first-order chi connectivity index (χ1) is 8.25. The molecule has 2 rings (SSSR count). The monoisotopic (exact) mass is 368 g/mol. The number of piperidine rings is 1. The van der Waals surface area contributed by atoms with Crippen LogP contribution in [0.4, 0.5) is 0 Å². The second kappa shape index (κ2) is 8.16. The normalized spacial score (nSPS) is 23.8. The number of morpholine rings is 1. The topological polar surface area (TPSA) is 54.1 Å². The van der Waals surface area contributed by atoms with Crippen molar-refractivity contribution in [1.82, 2.24) is 9.80 Å². The minimum absolute atomic E-state index is 0. The SMILES string of the molecule is CN1CCC(CN=C(N)N2CCOCC2)CC1.I. The van der Waals surface area contributed by atoms with Crippen LogP contribution in [0.15, 0.2) is 4.99 Å². The second-order valence-electron chi connectivity index (χ2n) is 5.04. The molecule has 2 N–H and O–H groups in total. The lowest BCUT2D eigenvalue weighted by atomic mass is 9.97. The molecule has 18 heavy (non-hydrogen) atoms. The summed E-state index contributed by atoms with van der Waals surface area (Å²) >= 11 is 0. The first kappa shape index (κ1) is 16.0. The van der Waals surface area contributed by atoms with Crippen molar-refractivity contribution < 1.29 is 4.74 Å². The fraction of sp³-hybridized carbons (Fsp3) is 0.917. The number of nitrogens with two attached hydrogens (primary N) is 1. The summed E-state index contributed by atoms with van der Waals surface area (Å²) in [4.78, 5) is 9.05. The molecule has 0 aromatic heterocycles. The molecule has 0 atom stereocenters. The highest BCUT2D eigenvalue weighted by Crippen LogP contribution is 2.16. The molecular formula is C12H25IN4O. The Bertz CT molecular complexity index is 261. The summed E-state index contributed by atoms with van der Waals surface area (Å²) < 4.78 is 5.30. The Morgan fingerprint density at radius 3 is 2.44 bits per heavy atom. The zero-order valence-corrected chi connectivity index (χ0v) is 13.5. The molecular weight excluding hydrogens is 343 g/mol. The van der Waals surface area contributed by atoms with Crippen LogP contribution < -0.4 is 5.73 Å². The smallest absolute Gasteiger partial charge is 0.191 e. The number of aliphatic imine (C=N–C) groups is 1. The van der Waals surface area contributed by atoms with Crippen LogP contribution in [0.5, 0.6) is 0 Å². The minimum Gasteiger partial charge on any atom is -0.378 e. The third-order valence-corrected chi connectivity index (χ3v) is 3.68. The van der Waals surface area contributed by atoms with Crippen molar-refractivity contribution >= 4 is 29.9 Å². The highest BCUT2D eigenvalue weighted by Gasteiger charge is 2.17. The Hall–Kier alpha value is -0.0800. The van der Waals surface area contributed by atoms with E-state index in [0.29, 0.717) is 11.9 Å². The van der Waals surface area contributed by atoms with E-state index in [1.165, 1.54) is 25.9 Å². The maximum Gasteiger partial charge on any atom is 0.191 e. The molecule has 6 heteroatoms. The van der Waals surface area contributed by atoms with Gasteiger partial charge < -0.3 is 20.3 Å². The molecule has 2 aliphatic heterocycles. The molecule has 2 saturated heterocycles. The van der Waals surface area contributed by atoms with E-state index in [1.54, 1.807) is 0 Å². The van der Waals surface area contributed by atoms with E-state index in [9.17, 15) is 0 Å². The summed E-state index contributed by atoms with van der Waals surface area (Å²) in [6.07, 6.45) is 2.49. The Kier molecular flexibility index (Phi) is 7.25. The Labute approximate surface area is 127 Å². The second-order valence-corrected chi connectivity index (χ2v) is 5.04. The molecule has 0 saturated carbocycles. The van der Waals surface area contributed by atoms with Gasteiger partial charge in [-0.05, 0) is 38.9 Å². The van der Waals surface area contributed by atoms with E-state index in [1.807, 2.05) is 0 Å². The predicted octanol–water partition coefficient (Wildman–Crippen LogP) is 0.593. The van der Waals surface area contributed by atoms with Gasteiger partial charge in [-0.1, -0.05) is 0 Å². The largest absolute Gasteiger partial charge is 0.378 e. The van der Waals surface area contributed by atoms with Crippen molar-refractivity contribution in [3.05, 3.63) is 0 Å². The summed E-state index contributed by atoms with van der Waals surface area (Å²) in [6.45, 7) is 6.56. The van der Waals surface area contributed by atoms with E-state index in [0.717, 1.165) is 32.8 Å². The molecule has 0 aliphatic carbocycles. The standard InChI is InChI=1S/C12H24N4O.HI/c1-15-4-2-11(3-5-15)10-14-12(13)16-6-8-17-9-7-16;/h11H,2-10H2,1H3,(H2,13,14);1H. The van der Waals surface area contributed by atoms with Crippen molar-refractivity contribution in [2.45, 2.75) is 12.8 Å². The summed E-state index contributed by atoms with van der Waals surface area (Å²) in [5, 5.41) is 0. The molecule has 0 radical (unpaired) electrons. The molecule has 0 aromatic carbocycles. The molecule has 2 fully saturated rings. The van der Waals surface area contributed by atoms with Crippen LogP contribution in [0.25, 0.3) is 0 Å². The molecule has 0 aromatic rings. The summed E-state index contributed by atoms with van der Waals surface area (Å²) in [5.74, 6) is 1.41. The van der Waals surface area contributed by atoms with Crippen molar-refractivity contribution in [1.29, 1.82) is 0 Å². The van der Waals surface area contributed by atoms with Crippen LogP contribution in [0.3, 0.4) is 0 Å². The first-order valence-corrected chi connectivity index (χ1v) is 6.57. The van der Waals surface area contributed by atoms with Crippen molar-refractivity contribution in [3.8, 4) is 0 Å². The molecule has 2 heterocycles. The average molecular weight is 368 g/mol. The Morgan fingerprint density at radius 2 is 1.83 bits per heavy atom. The van der Waals surface area contributed by atoms with E-state index >= 15 is 0 Å². The van der Waals surface area contributed by atoms with E-state index < -0.39 is 0 Å². The van der Waals surface area contributed by atoms with Crippen molar-refractivity contribution in [2.24, 2.45) is 16.6 Å². The fourth-order valence-corrected chi connectivity index (χ4v) is 2.36. The predicted molar refractivity (Wildman–Crippen MR) is 84.5 cm³/mol. The van der Waals surface area contributed by atoms with Gasteiger partial charge in [0.15, 0.2) is 5.96 Å². The third kappa shape index (κ3) is 4.89. The number of nitrogens with zero attached hydrogens (tertiary/aromatic N) is 3. The Balaban J connectivity index is 0.00000162.